The minimum absolute atomic E-state index is 0.0119. The lowest BCUT2D eigenvalue weighted by atomic mass is 9.94. The molecule has 2 aliphatic rings. The first-order valence-corrected chi connectivity index (χ1v) is 13.3. The predicted molar refractivity (Wildman–Crippen MR) is 143 cm³/mol. The Morgan fingerprint density at radius 1 is 1.03 bits per heavy atom. The molecular weight excluding hydrogens is 476 g/mol. The van der Waals surface area contributed by atoms with Gasteiger partial charge in [-0.1, -0.05) is 43.5 Å². The molecule has 0 atom stereocenters. The van der Waals surface area contributed by atoms with Crippen molar-refractivity contribution in [3.05, 3.63) is 59.0 Å². The number of ether oxygens (including phenoxy) is 3. The summed E-state index contributed by atoms with van der Waals surface area (Å²) in [5.41, 5.74) is 1.64. The Balaban J connectivity index is 1.60. The highest BCUT2D eigenvalue weighted by molar-refractivity contribution is 8.18. The molecule has 1 amide bonds. The molecule has 190 valence electrons. The van der Waals surface area contributed by atoms with E-state index in [1.807, 2.05) is 60.4 Å². The summed E-state index contributed by atoms with van der Waals surface area (Å²) in [5.74, 6) is 0.510. The first kappa shape index (κ1) is 25.8. The molecule has 2 aromatic rings. The van der Waals surface area contributed by atoms with Gasteiger partial charge in [0, 0.05) is 6.04 Å². The van der Waals surface area contributed by atoms with Gasteiger partial charge in [0.15, 0.2) is 23.3 Å². The number of carbonyl (C=O) groups is 2. The van der Waals surface area contributed by atoms with Crippen molar-refractivity contribution in [2.45, 2.75) is 52.0 Å². The number of carbonyl (C=O) groups excluding carboxylic acids is 2. The number of amides is 1. The normalized spacial score (nSPS) is 18.6. The largest absolute Gasteiger partial charge is 0.490 e. The Bertz CT molecular complexity index is 1130. The van der Waals surface area contributed by atoms with E-state index in [1.54, 1.807) is 13.0 Å². The van der Waals surface area contributed by atoms with Crippen LogP contribution in [0.15, 0.2) is 58.4 Å². The molecule has 2 aromatic carbocycles. The molecule has 0 unspecified atom stereocenters. The van der Waals surface area contributed by atoms with Gasteiger partial charge >= 0.3 is 5.97 Å². The van der Waals surface area contributed by atoms with Crippen LogP contribution in [-0.2, 0) is 14.3 Å². The van der Waals surface area contributed by atoms with Crippen LogP contribution in [0.4, 0.5) is 5.69 Å². The summed E-state index contributed by atoms with van der Waals surface area (Å²) in [6.45, 7) is 4.17. The van der Waals surface area contributed by atoms with E-state index in [2.05, 4.69) is 0 Å². The number of nitrogens with zero attached hydrogens (tertiary/aromatic N) is 2. The quantitative estimate of drug-likeness (QED) is 0.307. The molecular formula is C28H32N2O5S. The molecule has 2 fully saturated rings. The van der Waals surface area contributed by atoms with Crippen LogP contribution in [0.1, 0.15) is 51.5 Å². The predicted octanol–water partition coefficient (Wildman–Crippen LogP) is 5.96. The van der Waals surface area contributed by atoms with Gasteiger partial charge < -0.3 is 14.2 Å². The second-order valence-electron chi connectivity index (χ2n) is 8.54. The average Bonchev–Trinajstić information content (AvgIpc) is 3.19. The van der Waals surface area contributed by atoms with E-state index in [-0.39, 0.29) is 18.6 Å². The van der Waals surface area contributed by atoms with Crippen LogP contribution in [0, 0.1) is 0 Å². The van der Waals surface area contributed by atoms with Crippen LogP contribution in [0.25, 0.3) is 6.08 Å². The van der Waals surface area contributed by atoms with Gasteiger partial charge in [0.05, 0.1) is 23.8 Å². The zero-order chi connectivity index (χ0) is 25.3. The maximum atomic E-state index is 13.6. The summed E-state index contributed by atoms with van der Waals surface area (Å²) in [6.07, 6.45) is 7.32. The van der Waals surface area contributed by atoms with E-state index in [1.165, 1.54) is 18.2 Å². The number of thioether (sulfide) groups is 1. The van der Waals surface area contributed by atoms with Gasteiger partial charge in [-0.05, 0) is 74.4 Å². The van der Waals surface area contributed by atoms with E-state index in [9.17, 15) is 9.59 Å². The van der Waals surface area contributed by atoms with Crippen molar-refractivity contribution in [3.63, 3.8) is 0 Å². The second-order valence-corrected chi connectivity index (χ2v) is 9.55. The number of para-hydroxylation sites is 1. The number of esters is 1. The summed E-state index contributed by atoms with van der Waals surface area (Å²) < 4.78 is 16.3. The van der Waals surface area contributed by atoms with Gasteiger partial charge in [-0.25, -0.2) is 9.79 Å². The molecule has 36 heavy (non-hydrogen) atoms. The minimum Gasteiger partial charge on any atom is -0.490 e. The number of amidine groups is 1. The molecule has 4 rings (SSSR count). The molecule has 1 heterocycles. The maximum Gasteiger partial charge on any atom is 0.344 e. The lowest BCUT2D eigenvalue weighted by molar-refractivity contribution is -0.145. The van der Waals surface area contributed by atoms with Gasteiger partial charge in [0.2, 0.25) is 0 Å². The highest BCUT2D eigenvalue weighted by Gasteiger charge is 2.38. The molecule has 1 aliphatic heterocycles. The van der Waals surface area contributed by atoms with E-state index >= 15 is 0 Å². The number of aliphatic imine (C=N–C) groups is 1. The fourth-order valence-corrected chi connectivity index (χ4v) is 5.39. The molecule has 1 saturated carbocycles. The van der Waals surface area contributed by atoms with Crippen LogP contribution in [0.5, 0.6) is 11.5 Å². The fraction of sp³-hybridized carbons (Fsp3) is 0.393. The SMILES string of the molecule is CCOC(=O)COc1ccc(/C=C2\SC(=Nc3ccccc3)N(C3CCCCC3)C2=O)cc1OCC. The Morgan fingerprint density at radius 2 is 1.81 bits per heavy atom. The molecule has 0 bridgehead atoms. The van der Waals surface area contributed by atoms with Gasteiger partial charge in [-0.15, -0.1) is 0 Å². The van der Waals surface area contributed by atoms with Crippen molar-refractivity contribution in [1.29, 1.82) is 0 Å². The fourth-order valence-electron chi connectivity index (χ4n) is 4.33. The third kappa shape index (κ3) is 6.49. The average molecular weight is 509 g/mol. The second kappa shape index (κ2) is 12.6. The first-order valence-electron chi connectivity index (χ1n) is 12.5. The summed E-state index contributed by atoms with van der Waals surface area (Å²) in [6, 6.07) is 15.3. The highest BCUT2D eigenvalue weighted by Crippen LogP contribution is 2.39. The van der Waals surface area contributed by atoms with E-state index in [0.29, 0.717) is 29.6 Å². The maximum absolute atomic E-state index is 13.6. The van der Waals surface area contributed by atoms with Crippen LogP contribution in [0.3, 0.4) is 0 Å². The highest BCUT2D eigenvalue weighted by atomic mass is 32.2. The van der Waals surface area contributed by atoms with Gasteiger partial charge in [0.1, 0.15) is 0 Å². The number of hydrogen-bond donors (Lipinski definition) is 0. The third-order valence-corrected chi connectivity index (χ3v) is 6.96. The number of benzene rings is 2. The lowest BCUT2D eigenvalue weighted by Gasteiger charge is -2.30. The smallest absolute Gasteiger partial charge is 0.344 e. The molecule has 8 heteroatoms. The zero-order valence-corrected chi connectivity index (χ0v) is 21.6. The van der Waals surface area contributed by atoms with Crippen LogP contribution < -0.4 is 9.47 Å². The summed E-state index contributed by atoms with van der Waals surface area (Å²) >= 11 is 1.41. The Hall–Kier alpha value is -3.26. The van der Waals surface area contributed by atoms with Gasteiger partial charge in [0.25, 0.3) is 5.91 Å². The van der Waals surface area contributed by atoms with E-state index in [4.69, 9.17) is 19.2 Å². The zero-order valence-electron chi connectivity index (χ0n) is 20.8. The molecule has 0 radical (unpaired) electrons. The molecule has 1 aliphatic carbocycles. The minimum atomic E-state index is -0.438. The Kier molecular flexibility index (Phi) is 9.06. The molecule has 7 nitrogen and oxygen atoms in total. The molecule has 0 spiro atoms. The van der Waals surface area contributed by atoms with Crippen molar-refractivity contribution in [2.24, 2.45) is 4.99 Å². The molecule has 0 N–H and O–H groups in total. The number of rotatable bonds is 9. The van der Waals surface area contributed by atoms with Crippen molar-refractivity contribution in [2.75, 3.05) is 19.8 Å². The van der Waals surface area contributed by atoms with Gasteiger partial charge in [-0.2, -0.15) is 0 Å². The molecule has 0 aromatic heterocycles. The van der Waals surface area contributed by atoms with Crippen molar-refractivity contribution in [3.8, 4) is 11.5 Å². The van der Waals surface area contributed by atoms with Crippen molar-refractivity contribution < 1.29 is 23.8 Å². The lowest BCUT2D eigenvalue weighted by Crippen LogP contribution is -2.40. The summed E-state index contributed by atoms with van der Waals surface area (Å²) in [5, 5.41) is 0.726. The first-order chi connectivity index (χ1) is 17.6. The standard InChI is InChI=1S/C28H32N2O5S/c1-3-33-24-17-20(15-16-23(24)35-19-26(31)34-4-2)18-25-27(32)30(22-13-9-6-10-14-22)28(36-25)29-21-11-7-5-8-12-21/h5,7-8,11-12,15-18,22H,3-4,6,9-10,13-14,19H2,1-2H3/b25-18-,29-28?. The van der Waals surface area contributed by atoms with Crippen LogP contribution >= 0.6 is 11.8 Å². The van der Waals surface area contributed by atoms with E-state index < -0.39 is 5.97 Å². The number of hydrogen-bond acceptors (Lipinski definition) is 7. The summed E-state index contributed by atoms with van der Waals surface area (Å²) in [7, 11) is 0. The van der Waals surface area contributed by atoms with Crippen LogP contribution in [0.2, 0.25) is 0 Å². The third-order valence-electron chi connectivity index (χ3n) is 5.97. The Labute approximate surface area is 216 Å². The van der Waals surface area contributed by atoms with Crippen LogP contribution in [-0.4, -0.2) is 47.8 Å². The monoisotopic (exact) mass is 508 g/mol. The van der Waals surface area contributed by atoms with Crippen molar-refractivity contribution in [1.82, 2.24) is 4.90 Å². The Morgan fingerprint density at radius 3 is 2.53 bits per heavy atom. The van der Waals surface area contributed by atoms with Crippen molar-refractivity contribution >= 4 is 40.6 Å². The molecule has 1 saturated heterocycles. The van der Waals surface area contributed by atoms with Gasteiger partial charge in [-0.3, -0.25) is 9.69 Å². The summed E-state index contributed by atoms with van der Waals surface area (Å²) in [4.78, 5) is 32.6. The topological polar surface area (TPSA) is 77.4 Å². The van der Waals surface area contributed by atoms with E-state index in [0.717, 1.165) is 42.1 Å².